The molecule has 0 saturated carbocycles. The minimum absolute atomic E-state index is 0.0852. The highest BCUT2D eigenvalue weighted by atomic mass is 16.3. The van der Waals surface area contributed by atoms with Crippen LogP contribution in [-0.2, 0) is 19.4 Å². The summed E-state index contributed by atoms with van der Waals surface area (Å²) in [4.78, 5) is 17.7. The lowest BCUT2D eigenvalue weighted by molar-refractivity contribution is 0.0782. The molecule has 0 spiro atoms. The number of nitrogens with one attached hydrogen (secondary N) is 1. The Morgan fingerprint density at radius 1 is 1.22 bits per heavy atom. The molecule has 23 heavy (non-hydrogen) atoms. The normalized spacial score (nSPS) is 17.7. The smallest absolute Gasteiger partial charge is 0.270 e. The molecule has 0 bridgehead atoms. The number of aliphatic hydroxyl groups is 1. The largest absolute Gasteiger partial charge is 0.392 e. The zero-order valence-electron chi connectivity index (χ0n) is 13.6. The lowest BCUT2D eigenvalue weighted by atomic mass is 9.98. The highest BCUT2D eigenvalue weighted by molar-refractivity contribution is 5.92. The maximum atomic E-state index is 12.5. The molecule has 2 aromatic rings. The number of nitrogens with zero attached hydrogens (tertiary/aromatic N) is 1. The second-order valence-corrected chi connectivity index (χ2v) is 6.34. The third kappa shape index (κ3) is 3.64. The summed E-state index contributed by atoms with van der Waals surface area (Å²) >= 11 is 0. The Morgan fingerprint density at radius 2 is 1.96 bits per heavy atom. The van der Waals surface area contributed by atoms with E-state index in [0.717, 1.165) is 43.6 Å². The monoisotopic (exact) mass is 312 g/mol. The Kier molecular flexibility index (Phi) is 4.82. The summed E-state index contributed by atoms with van der Waals surface area (Å²) in [7, 11) is 0. The molecule has 1 aliphatic rings. The van der Waals surface area contributed by atoms with E-state index < -0.39 is 0 Å². The van der Waals surface area contributed by atoms with Crippen molar-refractivity contribution < 1.29 is 9.90 Å². The Bertz CT molecular complexity index is 660. The molecule has 1 aromatic carbocycles. The SMILES string of the molecule is CCc1ccc(C(=O)N2CCC(Cc3ccc(CO)cc3)C2)[nH]1. The number of hydrogen-bond acceptors (Lipinski definition) is 2. The second-order valence-electron chi connectivity index (χ2n) is 6.34. The van der Waals surface area contributed by atoms with Gasteiger partial charge in [-0.3, -0.25) is 4.79 Å². The van der Waals surface area contributed by atoms with Gasteiger partial charge in [0.15, 0.2) is 0 Å². The second kappa shape index (κ2) is 7.01. The molecular weight excluding hydrogens is 288 g/mol. The average Bonchev–Trinajstić information content (AvgIpc) is 3.24. The van der Waals surface area contributed by atoms with Crippen LogP contribution in [0.25, 0.3) is 0 Å². The highest BCUT2D eigenvalue weighted by Crippen LogP contribution is 2.22. The third-order valence-electron chi connectivity index (χ3n) is 4.66. The molecule has 1 unspecified atom stereocenters. The molecule has 3 rings (SSSR count). The van der Waals surface area contributed by atoms with Crippen LogP contribution in [0.1, 0.15) is 40.7 Å². The van der Waals surface area contributed by atoms with Gasteiger partial charge in [-0.2, -0.15) is 0 Å². The van der Waals surface area contributed by atoms with Crippen LogP contribution in [0.15, 0.2) is 36.4 Å². The number of H-pyrrole nitrogens is 1. The van der Waals surface area contributed by atoms with E-state index in [1.54, 1.807) is 0 Å². The van der Waals surface area contributed by atoms with E-state index in [2.05, 4.69) is 24.0 Å². The van der Waals surface area contributed by atoms with Crippen LogP contribution < -0.4 is 0 Å². The number of benzene rings is 1. The zero-order chi connectivity index (χ0) is 16.2. The number of hydrogen-bond donors (Lipinski definition) is 2. The zero-order valence-corrected chi connectivity index (χ0v) is 13.6. The average molecular weight is 312 g/mol. The molecule has 1 aromatic heterocycles. The van der Waals surface area contributed by atoms with Crippen LogP contribution in [0.3, 0.4) is 0 Å². The van der Waals surface area contributed by atoms with E-state index in [4.69, 9.17) is 5.11 Å². The lowest BCUT2D eigenvalue weighted by Crippen LogP contribution is -2.29. The molecule has 1 fully saturated rings. The third-order valence-corrected chi connectivity index (χ3v) is 4.66. The summed E-state index contributed by atoms with van der Waals surface area (Å²) in [6.45, 7) is 3.82. The molecule has 2 heterocycles. The Hall–Kier alpha value is -2.07. The van der Waals surface area contributed by atoms with E-state index in [1.807, 2.05) is 29.2 Å². The predicted octanol–water partition coefficient (Wildman–Crippen LogP) is 2.77. The summed E-state index contributed by atoms with van der Waals surface area (Å²) in [5.41, 5.74) is 4.02. The molecule has 2 N–H and O–H groups in total. The van der Waals surface area contributed by atoms with Gasteiger partial charge in [0.25, 0.3) is 5.91 Å². The summed E-state index contributed by atoms with van der Waals surface area (Å²) < 4.78 is 0. The van der Waals surface area contributed by atoms with Crippen molar-refractivity contribution in [2.24, 2.45) is 5.92 Å². The number of amides is 1. The Labute approximate surface area is 137 Å². The number of aromatic nitrogens is 1. The first-order valence-corrected chi connectivity index (χ1v) is 8.35. The van der Waals surface area contributed by atoms with Crippen molar-refractivity contribution >= 4 is 5.91 Å². The number of aryl methyl sites for hydroxylation is 1. The summed E-state index contributed by atoms with van der Waals surface area (Å²) in [5, 5.41) is 9.09. The van der Waals surface area contributed by atoms with E-state index in [1.165, 1.54) is 5.56 Å². The summed E-state index contributed by atoms with van der Waals surface area (Å²) in [5.74, 6) is 0.627. The number of aliphatic hydroxyl groups excluding tert-OH is 1. The Balaban J connectivity index is 1.58. The predicted molar refractivity (Wildman–Crippen MR) is 90.3 cm³/mol. The number of carbonyl (C=O) groups is 1. The van der Waals surface area contributed by atoms with Crippen molar-refractivity contribution in [2.75, 3.05) is 13.1 Å². The van der Waals surface area contributed by atoms with Gasteiger partial charge in [-0.25, -0.2) is 0 Å². The van der Waals surface area contributed by atoms with Crippen LogP contribution in [0.2, 0.25) is 0 Å². The summed E-state index contributed by atoms with van der Waals surface area (Å²) in [6, 6.07) is 12.0. The van der Waals surface area contributed by atoms with Gasteiger partial charge in [-0.05, 0) is 48.4 Å². The fourth-order valence-corrected chi connectivity index (χ4v) is 3.24. The van der Waals surface area contributed by atoms with Crippen molar-refractivity contribution in [1.29, 1.82) is 0 Å². The lowest BCUT2D eigenvalue weighted by Gasteiger charge is -2.16. The van der Waals surface area contributed by atoms with Crippen molar-refractivity contribution in [2.45, 2.75) is 32.8 Å². The van der Waals surface area contributed by atoms with Gasteiger partial charge >= 0.3 is 0 Å². The topological polar surface area (TPSA) is 56.3 Å². The first kappa shape index (κ1) is 15.8. The minimum atomic E-state index is 0.0852. The molecule has 1 amide bonds. The molecule has 1 saturated heterocycles. The molecule has 0 radical (unpaired) electrons. The van der Waals surface area contributed by atoms with Crippen LogP contribution in [0, 0.1) is 5.92 Å². The Morgan fingerprint density at radius 3 is 2.61 bits per heavy atom. The number of aromatic amines is 1. The molecular formula is C19H24N2O2. The van der Waals surface area contributed by atoms with Crippen LogP contribution in [0.5, 0.6) is 0 Å². The quantitative estimate of drug-likeness (QED) is 0.892. The van der Waals surface area contributed by atoms with Gasteiger partial charge in [0.1, 0.15) is 5.69 Å². The molecule has 1 aliphatic heterocycles. The number of rotatable bonds is 5. The standard InChI is InChI=1S/C19H24N2O2/c1-2-17-7-8-18(20-17)19(23)21-10-9-16(12-21)11-14-3-5-15(13-22)6-4-14/h3-8,16,20,22H,2,9-13H2,1H3. The molecule has 4 heteroatoms. The van der Waals surface area contributed by atoms with Crippen molar-refractivity contribution in [3.63, 3.8) is 0 Å². The molecule has 1 atom stereocenters. The van der Waals surface area contributed by atoms with Crippen LogP contribution in [0.4, 0.5) is 0 Å². The number of likely N-dealkylation sites (tertiary alicyclic amines) is 1. The van der Waals surface area contributed by atoms with E-state index >= 15 is 0 Å². The maximum absolute atomic E-state index is 12.5. The minimum Gasteiger partial charge on any atom is -0.392 e. The van der Waals surface area contributed by atoms with E-state index in [9.17, 15) is 4.79 Å². The van der Waals surface area contributed by atoms with Gasteiger partial charge in [0.2, 0.25) is 0 Å². The highest BCUT2D eigenvalue weighted by Gasteiger charge is 2.27. The van der Waals surface area contributed by atoms with E-state index in [-0.39, 0.29) is 12.5 Å². The van der Waals surface area contributed by atoms with Gasteiger partial charge in [-0.1, -0.05) is 31.2 Å². The van der Waals surface area contributed by atoms with Crippen LogP contribution in [-0.4, -0.2) is 34.0 Å². The van der Waals surface area contributed by atoms with Gasteiger partial charge in [-0.15, -0.1) is 0 Å². The number of carbonyl (C=O) groups excluding carboxylic acids is 1. The van der Waals surface area contributed by atoms with Crippen molar-refractivity contribution in [1.82, 2.24) is 9.88 Å². The van der Waals surface area contributed by atoms with Crippen molar-refractivity contribution in [3.05, 3.63) is 58.9 Å². The molecule has 122 valence electrons. The summed E-state index contributed by atoms with van der Waals surface area (Å²) in [6.07, 6.45) is 2.95. The van der Waals surface area contributed by atoms with Crippen LogP contribution >= 0.6 is 0 Å². The molecule has 0 aliphatic carbocycles. The van der Waals surface area contributed by atoms with E-state index in [0.29, 0.717) is 11.6 Å². The first-order chi connectivity index (χ1) is 11.2. The fraction of sp³-hybridized carbons (Fsp3) is 0.421. The van der Waals surface area contributed by atoms with Gasteiger partial charge < -0.3 is 15.0 Å². The first-order valence-electron chi connectivity index (χ1n) is 8.35. The fourth-order valence-electron chi connectivity index (χ4n) is 3.24. The maximum Gasteiger partial charge on any atom is 0.270 e. The van der Waals surface area contributed by atoms with Crippen molar-refractivity contribution in [3.8, 4) is 0 Å². The molecule has 4 nitrogen and oxygen atoms in total. The van der Waals surface area contributed by atoms with Gasteiger partial charge in [0.05, 0.1) is 6.61 Å². The van der Waals surface area contributed by atoms with Gasteiger partial charge in [0, 0.05) is 18.8 Å².